The molecule has 2 amide bonds. The van der Waals surface area contributed by atoms with Crippen molar-refractivity contribution in [3.05, 3.63) is 51.8 Å². The summed E-state index contributed by atoms with van der Waals surface area (Å²) in [6.07, 6.45) is 1.44. The Morgan fingerprint density at radius 2 is 1.71 bits per heavy atom. The van der Waals surface area contributed by atoms with Gasteiger partial charge in [-0.25, -0.2) is 0 Å². The lowest BCUT2D eigenvalue weighted by atomic mass is 10.0. The summed E-state index contributed by atoms with van der Waals surface area (Å²) in [5.74, 6) is -0.622. The number of H-pyrrole nitrogens is 1. The van der Waals surface area contributed by atoms with Crippen LogP contribution in [0.25, 0.3) is 0 Å². The first-order chi connectivity index (χ1) is 13.2. The monoisotopic (exact) mass is 383 g/mol. The maximum atomic E-state index is 13.0. The highest BCUT2D eigenvalue weighted by molar-refractivity contribution is 6.04. The Labute approximate surface area is 166 Å². The van der Waals surface area contributed by atoms with E-state index in [-0.39, 0.29) is 24.1 Å². The Balaban J connectivity index is 2.20. The Kier molecular flexibility index (Phi) is 6.78. The van der Waals surface area contributed by atoms with Crippen LogP contribution in [-0.4, -0.2) is 41.1 Å². The molecule has 0 fully saturated rings. The third-order valence-corrected chi connectivity index (χ3v) is 4.83. The number of hydrogen-bond acceptors (Lipinski definition) is 3. The molecule has 150 valence electrons. The van der Waals surface area contributed by atoms with Gasteiger partial charge in [0.15, 0.2) is 5.78 Å². The molecule has 0 bridgehead atoms. The predicted molar refractivity (Wildman–Crippen MR) is 111 cm³/mol. The Hall–Kier alpha value is -2.89. The zero-order valence-corrected chi connectivity index (χ0v) is 17.5. The van der Waals surface area contributed by atoms with Crippen LogP contribution in [0.2, 0.25) is 0 Å². The summed E-state index contributed by atoms with van der Waals surface area (Å²) in [4.78, 5) is 41.9. The van der Waals surface area contributed by atoms with Crippen LogP contribution in [0.3, 0.4) is 0 Å². The first kappa shape index (κ1) is 21.4. The summed E-state index contributed by atoms with van der Waals surface area (Å²) in [6.45, 7) is 9.08. The van der Waals surface area contributed by atoms with Crippen LogP contribution in [-0.2, 0) is 11.2 Å². The lowest BCUT2D eigenvalue weighted by molar-refractivity contribution is -0.116. The van der Waals surface area contributed by atoms with Crippen molar-refractivity contribution < 1.29 is 14.4 Å². The molecule has 0 saturated carbocycles. The number of aromatic amines is 1. The van der Waals surface area contributed by atoms with Gasteiger partial charge in [0.25, 0.3) is 5.91 Å². The minimum atomic E-state index is -0.296. The number of carbonyl (C=O) groups excluding carboxylic acids is 3. The number of para-hydroxylation sites is 1. The van der Waals surface area contributed by atoms with Crippen molar-refractivity contribution in [2.45, 2.75) is 47.5 Å². The molecule has 0 aliphatic rings. The molecule has 2 rings (SSSR count). The average Bonchev–Trinajstić information content (AvgIpc) is 2.94. The van der Waals surface area contributed by atoms with Crippen molar-refractivity contribution >= 4 is 23.3 Å². The highest BCUT2D eigenvalue weighted by Crippen LogP contribution is 2.23. The first-order valence-corrected chi connectivity index (χ1v) is 9.51. The van der Waals surface area contributed by atoms with E-state index in [1.165, 1.54) is 11.8 Å². The number of amides is 2. The number of nitrogens with one attached hydrogen (secondary N) is 2. The number of rotatable bonds is 7. The minimum absolute atomic E-state index is 0.0633. The Bertz CT molecular complexity index is 892. The third kappa shape index (κ3) is 4.50. The number of benzene rings is 1. The largest absolute Gasteiger partial charge is 0.354 e. The standard InChI is InChI=1S/C22H29N3O3/c1-7-9-17-19(16(5)26)15(4)23-21(17)22(28)25(6)12-18(27)24-20-13(2)10-8-11-14(20)3/h8,10-11,23H,7,9,12H2,1-6H3,(H,24,27). The van der Waals surface area contributed by atoms with Crippen molar-refractivity contribution in [1.29, 1.82) is 0 Å². The van der Waals surface area contributed by atoms with Gasteiger partial charge in [-0.1, -0.05) is 31.5 Å². The fourth-order valence-corrected chi connectivity index (χ4v) is 3.50. The molecule has 6 nitrogen and oxygen atoms in total. The molecule has 0 aliphatic carbocycles. The summed E-state index contributed by atoms with van der Waals surface area (Å²) in [6, 6.07) is 5.80. The van der Waals surface area contributed by atoms with E-state index in [9.17, 15) is 14.4 Å². The Morgan fingerprint density at radius 1 is 1.11 bits per heavy atom. The lowest BCUT2D eigenvalue weighted by Crippen LogP contribution is -2.35. The normalized spacial score (nSPS) is 10.6. The summed E-state index contributed by atoms with van der Waals surface area (Å²) in [7, 11) is 1.59. The summed E-state index contributed by atoms with van der Waals surface area (Å²) >= 11 is 0. The van der Waals surface area contributed by atoms with E-state index in [4.69, 9.17) is 0 Å². The second-order valence-corrected chi connectivity index (χ2v) is 7.26. The third-order valence-electron chi connectivity index (χ3n) is 4.83. The van der Waals surface area contributed by atoms with E-state index in [1.807, 2.05) is 39.0 Å². The molecule has 28 heavy (non-hydrogen) atoms. The fourth-order valence-electron chi connectivity index (χ4n) is 3.50. The van der Waals surface area contributed by atoms with Crippen LogP contribution in [0.1, 0.15) is 63.5 Å². The van der Waals surface area contributed by atoms with Crippen molar-refractivity contribution in [2.75, 3.05) is 18.9 Å². The highest BCUT2D eigenvalue weighted by Gasteiger charge is 2.25. The molecule has 1 heterocycles. The molecule has 1 aromatic heterocycles. The van der Waals surface area contributed by atoms with E-state index >= 15 is 0 Å². The predicted octanol–water partition coefficient (Wildman–Crippen LogP) is 3.81. The average molecular weight is 383 g/mol. The van der Waals surface area contributed by atoms with Gasteiger partial charge in [0, 0.05) is 24.0 Å². The van der Waals surface area contributed by atoms with Crippen molar-refractivity contribution in [2.24, 2.45) is 0 Å². The number of nitrogens with zero attached hydrogens (tertiary/aromatic N) is 1. The van der Waals surface area contributed by atoms with Crippen LogP contribution in [0, 0.1) is 20.8 Å². The van der Waals surface area contributed by atoms with Gasteiger partial charge in [0.05, 0.1) is 6.54 Å². The zero-order valence-electron chi connectivity index (χ0n) is 17.5. The van der Waals surface area contributed by atoms with Crippen LogP contribution in [0.5, 0.6) is 0 Å². The molecular formula is C22H29N3O3. The van der Waals surface area contributed by atoms with E-state index in [1.54, 1.807) is 14.0 Å². The number of carbonyl (C=O) groups is 3. The molecule has 0 atom stereocenters. The molecule has 0 saturated heterocycles. The van der Waals surface area contributed by atoms with Crippen molar-refractivity contribution in [1.82, 2.24) is 9.88 Å². The number of Topliss-reactive ketones (excluding diaryl/α,β-unsaturated/α-hetero) is 1. The number of ketones is 1. The molecule has 0 spiro atoms. The molecule has 0 aliphatic heterocycles. The number of anilines is 1. The second-order valence-electron chi connectivity index (χ2n) is 7.26. The van der Waals surface area contributed by atoms with Crippen LogP contribution < -0.4 is 5.32 Å². The number of likely N-dealkylation sites (N-methyl/N-ethyl adjacent to an activating group) is 1. The van der Waals surface area contributed by atoms with Gasteiger partial charge in [-0.05, 0) is 50.8 Å². The van der Waals surface area contributed by atoms with Gasteiger partial charge >= 0.3 is 0 Å². The molecule has 6 heteroatoms. The maximum absolute atomic E-state index is 13.0. The topological polar surface area (TPSA) is 82.3 Å². The molecule has 2 N–H and O–H groups in total. The van der Waals surface area contributed by atoms with Gasteiger partial charge in [0.1, 0.15) is 5.69 Å². The fraction of sp³-hybridized carbons (Fsp3) is 0.409. The molecule has 1 aromatic carbocycles. The number of aryl methyl sites for hydroxylation is 3. The smallest absolute Gasteiger partial charge is 0.270 e. The zero-order chi connectivity index (χ0) is 21.0. The number of aromatic nitrogens is 1. The van der Waals surface area contributed by atoms with Gasteiger partial charge in [-0.15, -0.1) is 0 Å². The second kappa shape index (κ2) is 8.87. The van der Waals surface area contributed by atoms with E-state index in [2.05, 4.69) is 10.3 Å². The van der Waals surface area contributed by atoms with Gasteiger partial charge in [-0.2, -0.15) is 0 Å². The van der Waals surface area contributed by atoms with Crippen molar-refractivity contribution in [3.8, 4) is 0 Å². The molecule has 2 aromatic rings. The van der Waals surface area contributed by atoms with Gasteiger partial charge < -0.3 is 15.2 Å². The number of hydrogen-bond donors (Lipinski definition) is 2. The molecule has 0 unspecified atom stereocenters. The van der Waals surface area contributed by atoms with Crippen LogP contribution in [0.15, 0.2) is 18.2 Å². The van der Waals surface area contributed by atoms with Crippen LogP contribution in [0.4, 0.5) is 5.69 Å². The molecular weight excluding hydrogens is 354 g/mol. The lowest BCUT2D eigenvalue weighted by Gasteiger charge is -2.18. The van der Waals surface area contributed by atoms with Crippen molar-refractivity contribution in [3.63, 3.8) is 0 Å². The highest BCUT2D eigenvalue weighted by atomic mass is 16.2. The maximum Gasteiger partial charge on any atom is 0.270 e. The van der Waals surface area contributed by atoms with Crippen LogP contribution >= 0.6 is 0 Å². The summed E-state index contributed by atoms with van der Waals surface area (Å²) in [5, 5.41) is 2.89. The van der Waals surface area contributed by atoms with E-state index in [0.717, 1.165) is 28.8 Å². The van der Waals surface area contributed by atoms with E-state index < -0.39 is 0 Å². The van der Waals surface area contributed by atoms with E-state index in [0.29, 0.717) is 23.4 Å². The first-order valence-electron chi connectivity index (χ1n) is 9.51. The molecule has 0 radical (unpaired) electrons. The SMILES string of the molecule is CCCc1c(C(=O)N(C)CC(=O)Nc2c(C)cccc2C)[nH]c(C)c1C(C)=O. The quantitative estimate of drug-likeness (QED) is 0.713. The summed E-state index contributed by atoms with van der Waals surface area (Å²) < 4.78 is 0. The van der Waals surface area contributed by atoms with Gasteiger partial charge in [-0.3, -0.25) is 14.4 Å². The summed E-state index contributed by atoms with van der Waals surface area (Å²) in [5.41, 5.74) is 5.12. The Morgan fingerprint density at radius 3 is 2.25 bits per heavy atom. The minimum Gasteiger partial charge on any atom is -0.354 e. The van der Waals surface area contributed by atoms with Gasteiger partial charge in [0.2, 0.25) is 5.91 Å².